The Morgan fingerprint density at radius 1 is 1.04 bits per heavy atom. The highest BCUT2D eigenvalue weighted by Gasteiger charge is 2.08. The van der Waals surface area contributed by atoms with Crippen LogP contribution in [0.2, 0.25) is 0 Å². The average molecular weight is 380 g/mol. The van der Waals surface area contributed by atoms with Gasteiger partial charge in [-0.15, -0.1) is 0 Å². The molecule has 0 spiro atoms. The Bertz CT molecular complexity index is 998. The van der Waals surface area contributed by atoms with Crippen LogP contribution in [0.4, 0.5) is 16.2 Å². The van der Waals surface area contributed by atoms with E-state index in [1.807, 2.05) is 31.2 Å². The number of urea groups is 1. The highest BCUT2D eigenvalue weighted by atomic mass is 16.5. The van der Waals surface area contributed by atoms with Gasteiger partial charge in [-0.25, -0.2) is 19.6 Å². The van der Waals surface area contributed by atoms with Crippen LogP contribution in [-0.4, -0.2) is 28.6 Å². The Morgan fingerprint density at radius 3 is 2.50 bits per heavy atom. The van der Waals surface area contributed by atoms with Gasteiger partial charge in [-0.1, -0.05) is 12.1 Å². The van der Waals surface area contributed by atoms with Crippen LogP contribution in [0.15, 0.2) is 60.8 Å². The van der Waals surface area contributed by atoms with Crippen LogP contribution in [0.25, 0.3) is 11.3 Å². The summed E-state index contributed by atoms with van der Waals surface area (Å²) in [6.45, 7) is 3.89. The number of nitrogens with one attached hydrogen (secondary N) is 2. The predicted molar refractivity (Wildman–Crippen MR) is 111 cm³/mol. The molecule has 0 radical (unpaired) electrons. The molecule has 146 valence electrons. The molecule has 0 aliphatic rings. The maximum absolute atomic E-state index is 12.3. The minimum absolute atomic E-state index is 0. The summed E-state index contributed by atoms with van der Waals surface area (Å²) in [5.41, 5.74) is 3.29. The van der Waals surface area contributed by atoms with Gasteiger partial charge in [0.2, 0.25) is 0 Å². The summed E-state index contributed by atoms with van der Waals surface area (Å²) >= 11 is 0. The third-order valence-electron chi connectivity index (χ3n) is 3.85. The number of aryl methyl sites for hydroxylation is 1. The van der Waals surface area contributed by atoms with Crippen LogP contribution < -0.4 is 10.6 Å². The van der Waals surface area contributed by atoms with Crippen molar-refractivity contribution in [2.75, 3.05) is 17.2 Å². The molecule has 0 atom stereocenters. The van der Waals surface area contributed by atoms with Crippen molar-refractivity contribution < 1.29 is 17.2 Å². The predicted octanol–water partition coefficient (Wildman–Crippen LogP) is 4.76. The molecule has 0 aliphatic carbocycles. The van der Waals surface area contributed by atoms with Gasteiger partial charge in [0.1, 0.15) is 5.82 Å². The first-order valence-electron chi connectivity index (χ1n) is 8.80. The molecule has 1 aromatic heterocycles. The molecule has 2 aromatic carbocycles. The first-order chi connectivity index (χ1) is 13.5. The molecule has 0 fully saturated rings. The molecule has 0 aliphatic heterocycles. The second-order valence-corrected chi connectivity index (χ2v) is 5.95. The van der Waals surface area contributed by atoms with Crippen molar-refractivity contribution >= 4 is 23.4 Å². The van der Waals surface area contributed by atoms with Gasteiger partial charge >= 0.3 is 12.0 Å². The van der Waals surface area contributed by atoms with Crippen molar-refractivity contribution in [1.82, 2.24) is 9.97 Å². The second kappa shape index (κ2) is 8.77. The molecular formula is C21H24N4O3. The summed E-state index contributed by atoms with van der Waals surface area (Å²) in [5.74, 6) is 0.287. The zero-order valence-corrected chi connectivity index (χ0v) is 15.6. The third-order valence-corrected chi connectivity index (χ3v) is 3.85. The Labute approximate surface area is 165 Å². The minimum Gasteiger partial charge on any atom is -0.462 e. The van der Waals surface area contributed by atoms with Gasteiger partial charge in [0.05, 0.1) is 17.9 Å². The zero-order chi connectivity index (χ0) is 19.9. The summed E-state index contributed by atoms with van der Waals surface area (Å²) in [6.07, 6.45) is 1.70. The van der Waals surface area contributed by atoms with Gasteiger partial charge < -0.3 is 15.4 Å². The molecule has 3 aromatic rings. The second-order valence-electron chi connectivity index (χ2n) is 5.95. The van der Waals surface area contributed by atoms with Crippen LogP contribution in [0.1, 0.15) is 26.0 Å². The van der Waals surface area contributed by atoms with E-state index in [2.05, 4.69) is 20.6 Å². The number of esters is 1. The van der Waals surface area contributed by atoms with Gasteiger partial charge in [-0.3, -0.25) is 0 Å². The standard InChI is InChI=1S/C21H20N4O3.2H2/c1-3-28-20(26)15-7-9-17(10-8-15)24-21(27)25-18-6-4-5-16(13-18)19-11-12-22-14(2)23-19;;/h4-13H,3H2,1-2H3,(H2,24,25,27);2*1H. The summed E-state index contributed by atoms with van der Waals surface area (Å²) in [4.78, 5) is 32.4. The topological polar surface area (TPSA) is 93.2 Å². The van der Waals surface area contributed by atoms with E-state index in [9.17, 15) is 9.59 Å². The van der Waals surface area contributed by atoms with E-state index < -0.39 is 5.97 Å². The van der Waals surface area contributed by atoms with Gasteiger partial charge in [-0.2, -0.15) is 0 Å². The number of anilines is 2. The normalized spacial score (nSPS) is 10.2. The largest absolute Gasteiger partial charge is 0.462 e. The Morgan fingerprint density at radius 2 is 1.79 bits per heavy atom. The van der Waals surface area contributed by atoms with Gasteiger partial charge in [0.15, 0.2) is 0 Å². The lowest BCUT2D eigenvalue weighted by atomic mass is 10.1. The molecule has 0 saturated carbocycles. The van der Waals surface area contributed by atoms with E-state index in [4.69, 9.17) is 4.74 Å². The first kappa shape index (κ1) is 19.0. The summed E-state index contributed by atoms with van der Waals surface area (Å²) in [6, 6.07) is 15.3. The zero-order valence-electron chi connectivity index (χ0n) is 15.6. The molecule has 0 bridgehead atoms. The number of amides is 2. The number of carbonyl (C=O) groups is 2. The number of nitrogens with zero attached hydrogens (tertiary/aromatic N) is 2. The first-order valence-corrected chi connectivity index (χ1v) is 8.80. The highest BCUT2D eigenvalue weighted by Crippen LogP contribution is 2.21. The number of rotatable bonds is 5. The lowest BCUT2D eigenvalue weighted by Gasteiger charge is -2.10. The molecule has 0 unspecified atom stereocenters. The number of ether oxygens (including phenoxy) is 1. The van der Waals surface area contributed by atoms with Crippen molar-refractivity contribution in [3.8, 4) is 11.3 Å². The fourth-order valence-corrected chi connectivity index (χ4v) is 2.57. The van der Waals surface area contributed by atoms with Crippen LogP contribution >= 0.6 is 0 Å². The monoisotopic (exact) mass is 380 g/mol. The average Bonchev–Trinajstić information content (AvgIpc) is 2.69. The molecule has 3 rings (SSSR count). The van der Waals surface area contributed by atoms with Crippen LogP contribution in [0.5, 0.6) is 0 Å². The number of hydrogen-bond donors (Lipinski definition) is 2. The summed E-state index contributed by atoms with van der Waals surface area (Å²) < 4.78 is 4.94. The third kappa shape index (κ3) is 4.91. The number of aromatic nitrogens is 2. The van der Waals surface area contributed by atoms with Crippen LogP contribution in [0.3, 0.4) is 0 Å². The van der Waals surface area contributed by atoms with Crippen molar-refractivity contribution in [3.63, 3.8) is 0 Å². The Kier molecular flexibility index (Phi) is 5.96. The SMILES string of the molecule is CCOC(=O)c1ccc(NC(=O)Nc2cccc(-c3ccnc(C)n3)c2)cc1.[HH].[HH]. The van der Waals surface area contributed by atoms with E-state index in [1.54, 1.807) is 43.5 Å². The number of hydrogen-bond acceptors (Lipinski definition) is 5. The van der Waals surface area contributed by atoms with E-state index in [0.29, 0.717) is 29.4 Å². The van der Waals surface area contributed by atoms with Crippen molar-refractivity contribution in [2.24, 2.45) is 0 Å². The van der Waals surface area contributed by atoms with Crippen molar-refractivity contribution in [1.29, 1.82) is 0 Å². The lowest BCUT2D eigenvalue weighted by molar-refractivity contribution is 0.0526. The van der Waals surface area contributed by atoms with Gasteiger partial charge in [0, 0.05) is 26.0 Å². The van der Waals surface area contributed by atoms with E-state index in [0.717, 1.165) is 11.3 Å². The molecular weight excluding hydrogens is 356 g/mol. The molecule has 2 amide bonds. The minimum atomic E-state index is -0.393. The molecule has 28 heavy (non-hydrogen) atoms. The summed E-state index contributed by atoms with van der Waals surface area (Å²) in [5, 5.41) is 5.52. The van der Waals surface area contributed by atoms with E-state index >= 15 is 0 Å². The maximum Gasteiger partial charge on any atom is 0.338 e. The fourth-order valence-electron chi connectivity index (χ4n) is 2.57. The Hall–Kier alpha value is -3.74. The molecule has 0 saturated heterocycles. The lowest BCUT2D eigenvalue weighted by Crippen LogP contribution is -2.19. The molecule has 7 nitrogen and oxygen atoms in total. The number of carbonyl (C=O) groups excluding carboxylic acids is 2. The maximum atomic E-state index is 12.3. The molecule has 2 N–H and O–H groups in total. The van der Waals surface area contributed by atoms with E-state index in [1.165, 1.54) is 0 Å². The van der Waals surface area contributed by atoms with Crippen LogP contribution in [-0.2, 0) is 4.74 Å². The van der Waals surface area contributed by atoms with Crippen molar-refractivity contribution in [3.05, 3.63) is 72.2 Å². The quantitative estimate of drug-likeness (QED) is 0.622. The molecule has 1 heterocycles. The van der Waals surface area contributed by atoms with E-state index in [-0.39, 0.29) is 8.88 Å². The smallest absolute Gasteiger partial charge is 0.338 e. The fraction of sp³-hybridized carbons (Fsp3) is 0.143. The number of benzene rings is 2. The Balaban J connectivity index is 0.00000225. The van der Waals surface area contributed by atoms with Crippen molar-refractivity contribution in [2.45, 2.75) is 13.8 Å². The summed E-state index contributed by atoms with van der Waals surface area (Å²) in [7, 11) is 0. The van der Waals surface area contributed by atoms with Gasteiger partial charge in [0.25, 0.3) is 0 Å². The highest BCUT2D eigenvalue weighted by molar-refractivity contribution is 6.00. The molecule has 7 heteroatoms. The van der Waals surface area contributed by atoms with Crippen LogP contribution in [0, 0.1) is 6.92 Å². The van der Waals surface area contributed by atoms with Gasteiger partial charge in [-0.05, 0) is 56.3 Å².